The molecule has 1 N–H and O–H groups in total. The van der Waals surface area contributed by atoms with Gasteiger partial charge in [0.05, 0.1) is 7.11 Å². The van der Waals surface area contributed by atoms with Gasteiger partial charge in [0.1, 0.15) is 11.3 Å². The average molecular weight is 409 g/mol. The van der Waals surface area contributed by atoms with E-state index in [1.165, 1.54) is 0 Å². The number of benzene rings is 2. The molecule has 5 nitrogen and oxygen atoms in total. The van der Waals surface area contributed by atoms with Crippen LogP contribution in [0.25, 0.3) is 0 Å². The SMILES string of the molecule is COc1cccc(CN2C(=O)c3ccccc3CC[C@]2(C)C(=O)NCCC(C)C)c1. The summed E-state index contributed by atoms with van der Waals surface area (Å²) >= 11 is 0. The number of hydrogen-bond acceptors (Lipinski definition) is 3. The van der Waals surface area contributed by atoms with Crippen molar-refractivity contribution in [1.29, 1.82) is 0 Å². The van der Waals surface area contributed by atoms with E-state index in [0.29, 0.717) is 37.4 Å². The van der Waals surface area contributed by atoms with Gasteiger partial charge in [0.15, 0.2) is 0 Å². The minimum Gasteiger partial charge on any atom is -0.497 e. The van der Waals surface area contributed by atoms with Gasteiger partial charge >= 0.3 is 0 Å². The highest BCUT2D eigenvalue weighted by molar-refractivity contribution is 6.00. The molecule has 2 amide bonds. The topological polar surface area (TPSA) is 58.6 Å². The van der Waals surface area contributed by atoms with Crippen LogP contribution in [0.15, 0.2) is 48.5 Å². The Morgan fingerprint density at radius 2 is 1.97 bits per heavy atom. The number of hydrogen-bond donors (Lipinski definition) is 1. The fourth-order valence-corrected chi connectivity index (χ4v) is 3.93. The van der Waals surface area contributed by atoms with Gasteiger partial charge in [-0.15, -0.1) is 0 Å². The first-order chi connectivity index (χ1) is 14.3. The quantitative estimate of drug-likeness (QED) is 0.747. The fraction of sp³-hybridized carbons (Fsp3) is 0.440. The molecule has 0 aliphatic carbocycles. The minimum absolute atomic E-state index is 0.0906. The standard InChI is InChI=1S/C25H32N2O3/c1-18(2)13-15-26-24(29)25(3)14-12-20-9-5-6-11-22(20)23(28)27(25)17-19-8-7-10-21(16-19)30-4/h5-11,16,18H,12-15,17H2,1-4H3,(H,26,29)/t25-/m1/s1. The Morgan fingerprint density at radius 1 is 1.20 bits per heavy atom. The number of carbonyl (C=O) groups is 2. The molecule has 2 aromatic rings. The summed E-state index contributed by atoms with van der Waals surface area (Å²) in [5, 5.41) is 3.08. The molecule has 0 fully saturated rings. The van der Waals surface area contributed by atoms with Crippen LogP contribution in [0.2, 0.25) is 0 Å². The van der Waals surface area contributed by atoms with Gasteiger partial charge in [0.25, 0.3) is 5.91 Å². The highest BCUT2D eigenvalue weighted by Gasteiger charge is 2.44. The molecule has 1 atom stereocenters. The van der Waals surface area contributed by atoms with Crippen molar-refractivity contribution < 1.29 is 14.3 Å². The van der Waals surface area contributed by atoms with Crippen LogP contribution in [0, 0.1) is 5.92 Å². The molecule has 1 aliphatic heterocycles. The zero-order chi connectivity index (χ0) is 21.7. The Morgan fingerprint density at radius 3 is 2.70 bits per heavy atom. The maximum absolute atomic E-state index is 13.6. The molecule has 1 heterocycles. The summed E-state index contributed by atoms with van der Waals surface area (Å²) in [5.41, 5.74) is 1.68. The van der Waals surface area contributed by atoms with Crippen molar-refractivity contribution in [3.63, 3.8) is 0 Å². The lowest BCUT2D eigenvalue weighted by Crippen LogP contribution is -2.58. The summed E-state index contributed by atoms with van der Waals surface area (Å²) < 4.78 is 5.34. The predicted molar refractivity (Wildman–Crippen MR) is 119 cm³/mol. The minimum atomic E-state index is -0.934. The largest absolute Gasteiger partial charge is 0.497 e. The lowest BCUT2D eigenvalue weighted by molar-refractivity contribution is -0.132. The first-order valence-corrected chi connectivity index (χ1v) is 10.7. The van der Waals surface area contributed by atoms with Crippen molar-refractivity contribution in [3.8, 4) is 5.75 Å². The number of ether oxygens (including phenoxy) is 1. The van der Waals surface area contributed by atoms with Crippen LogP contribution in [-0.4, -0.2) is 35.9 Å². The van der Waals surface area contributed by atoms with Crippen LogP contribution in [0.3, 0.4) is 0 Å². The number of carbonyl (C=O) groups excluding carboxylic acids is 2. The van der Waals surface area contributed by atoms with Crippen LogP contribution in [0.4, 0.5) is 0 Å². The molecule has 2 aromatic carbocycles. The van der Waals surface area contributed by atoms with Crippen molar-refractivity contribution in [3.05, 3.63) is 65.2 Å². The summed E-state index contributed by atoms with van der Waals surface area (Å²) in [6.45, 7) is 7.11. The molecule has 0 bridgehead atoms. The van der Waals surface area contributed by atoms with E-state index in [-0.39, 0.29) is 11.8 Å². The molecule has 160 valence electrons. The number of methoxy groups -OCH3 is 1. The van der Waals surface area contributed by atoms with E-state index in [4.69, 9.17) is 4.74 Å². The van der Waals surface area contributed by atoms with E-state index < -0.39 is 5.54 Å². The molecule has 1 aliphatic rings. The summed E-state index contributed by atoms with van der Waals surface area (Å²) in [6.07, 6.45) is 2.17. The van der Waals surface area contributed by atoms with Gasteiger partial charge in [-0.25, -0.2) is 0 Å². The Labute approximate surface area is 179 Å². The van der Waals surface area contributed by atoms with E-state index in [0.717, 1.165) is 23.3 Å². The van der Waals surface area contributed by atoms with Crippen molar-refractivity contribution >= 4 is 11.8 Å². The lowest BCUT2D eigenvalue weighted by Gasteiger charge is -2.39. The summed E-state index contributed by atoms with van der Waals surface area (Å²) in [7, 11) is 1.62. The van der Waals surface area contributed by atoms with Gasteiger partial charge in [0.2, 0.25) is 5.91 Å². The zero-order valence-electron chi connectivity index (χ0n) is 18.4. The molecular formula is C25H32N2O3. The van der Waals surface area contributed by atoms with Crippen LogP contribution < -0.4 is 10.1 Å². The number of fused-ring (bicyclic) bond motifs is 1. The maximum atomic E-state index is 13.6. The predicted octanol–water partition coefficient (Wildman–Crippen LogP) is 4.20. The Balaban J connectivity index is 1.95. The number of aryl methyl sites for hydroxylation is 1. The van der Waals surface area contributed by atoms with E-state index in [2.05, 4.69) is 19.2 Å². The Kier molecular flexibility index (Phi) is 6.80. The molecule has 0 unspecified atom stereocenters. The normalized spacial score (nSPS) is 18.7. The molecule has 0 saturated carbocycles. The molecular weight excluding hydrogens is 376 g/mol. The van der Waals surface area contributed by atoms with Gasteiger partial charge in [-0.2, -0.15) is 0 Å². The molecule has 0 saturated heterocycles. The van der Waals surface area contributed by atoms with Gasteiger partial charge in [-0.05, 0) is 61.4 Å². The number of nitrogens with one attached hydrogen (secondary N) is 1. The summed E-state index contributed by atoms with van der Waals surface area (Å²) in [6, 6.07) is 15.3. The highest BCUT2D eigenvalue weighted by Crippen LogP contribution is 2.32. The van der Waals surface area contributed by atoms with E-state index in [9.17, 15) is 9.59 Å². The maximum Gasteiger partial charge on any atom is 0.255 e. The molecule has 30 heavy (non-hydrogen) atoms. The van der Waals surface area contributed by atoms with Crippen molar-refractivity contribution in [2.75, 3.05) is 13.7 Å². The van der Waals surface area contributed by atoms with Crippen LogP contribution in [0.1, 0.15) is 55.1 Å². The Hall–Kier alpha value is -2.82. The third-order valence-corrected chi connectivity index (χ3v) is 5.94. The second-order valence-corrected chi connectivity index (χ2v) is 8.61. The molecule has 0 radical (unpaired) electrons. The van der Waals surface area contributed by atoms with Crippen molar-refractivity contribution in [2.45, 2.75) is 52.1 Å². The third-order valence-electron chi connectivity index (χ3n) is 5.94. The Bertz CT molecular complexity index is 909. The summed E-state index contributed by atoms with van der Waals surface area (Å²) in [5.74, 6) is 1.05. The third kappa shape index (κ3) is 4.66. The van der Waals surface area contributed by atoms with E-state index in [1.54, 1.807) is 12.0 Å². The first-order valence-electron chi connectivity index (χ1n) is 10.7. The van der Waals surface area contributed by atoms with Gasteiger partial charge in [-0.1, -0.05) is 44.2 Å². The number of amides is 2. The van der Waals surface area contributed by atoms with Gasteiger partial charge in [-0.3, -0.25) is 9.59 Å². The second kappa shape index (κ2) is 9.33. The van der Waals surface area contributed by atoms with E-state index in [1.807, 2.05) is 55.5 Å². The zero-order valence-corrected chi connectivity index (χ0v) is 18.4. The van der Waals surface area contributed by atoms with Gasteiger partial charge in [0, 0.05) is 18.7 Å². The van der Waals surface area contributed by atoms with Gasteiger partial charge < -0.3 is 15.0 Å². The van der Waals surface area contributed by atoms with Crippen LogP contribution in [-0.2, 0) is 17.8 Å². The molecule has 5 heteroatoms. The second-order valence-electron chi connectivity index (χ2n) is 8.61. The number of nitrogens with zero attached hydrogens (tertiary/aromatic N) is 1. The van der Waals surface area contributed by atoms with Crippen molar-refractivity contribution in [2.24, 2.45) is 5.92 Å². The lowest BCUT2D eigenvalue weighted by atomic mass is 9.91. The smallest absolute Gasteiger partial charge is 0.255 e. The monoisotopic (exact) mass is 408 g/mol. The van der Waals surface area contributed by atoms with Crippen molar-refractivity contribution in [1.82, 2.24) is 10.2 Å². The highest BCUT2D eigenvalue weighted by atomic mass is 16.5. The molecule has 0 spiro atoms. The molecule has 0 aromatic heterocycles. The first kappa shape index (κ1) is 21.9. The van der Waals surface area contributed by atoms with E-state index >= 15 is 0 Å². The molecule has 3 rings (SSSR count). The van der Waals surface area contributed by atoms with Crippen LogP contribution >= 0.6 is 0 Å². The summed E-state index contributed by atoms with van der Waals surface area (Å²) in [4.78, 5) is 28.7. The van der Waals surface area contributed by atoms with Crippen LogP contribution in [0.5, 0.6) is 5.75 Å². The average Bonchev–Trinajstić information content (AvgIpc) is 2.85. The fourth-order valence-electron chi connectivity index (χ4n) is 3.93. The number of rotatable bonds is 7.